The third kappa shape index (κ3) is 3.14. The molecule has 1 aromatic carbocycles. The molecule has 30 heavy (non-hydrogen) atoms. The normalized spacial score (nSPS) is 22.6. The highest BCUT2D eigenvalue weighted by Gasteiger charge is 2.49. The van der Waals surface area contributed by atoms with Gasteiger partial charge in [-0.05, 0) is 49.9 Å². The number of halogens is 1. The molecule has 0 unspecified atom stereocenters. The van der Waals surface area contributed by atoms with E-state index in [1.165, 1.54) is 23.0 Å². The van der Waals surface area contributed by atoms with Crippen LogP contribution in [0.25, 0.3) is 5.69 Å². The third-order valence-corrected chi connectivity index (χ3v) is 5.87. The Hall–Kier alpha value is -3.55. The summed E-state index contributed by atoms with van der Waals surface area (Å²) in [4.78, 5) is 29.0. The first kappa shape index (κ1) is 18.5. The van der Waals surface area contributed by atoms with Gasteiger partial charge in [0, 0.05) is 17.7 Å². The average Bonchev–Trinajstić information content (AvgIpc) is 3.32. The molecule has 8 heteroatoms. The number of fused-ring (bicyclic) bond motifs is 2. The van der Waals surface area contributed by atoms with E-state index in [1.807, 2.05) is 6.07 Å². The second-order valence-corrected chi connectivity index (χ2v) is 7.70. The van der Waals surface area contributed by atoms with E-state index < -0.39 is 11.6 Å². The summed E-state index contributed by atoms with van der Waals surface area (Å²) in [7, 11) is 0. The molecular weight excluding hydrogens is 387 g/mol. The van der Waals surface area contributed by atoms with Crippen LogP contribution in [0.2, 0.25) is 0 Å². The number of ether oxygens (including phenoxy) is 1. The maximum Gasteiger partial charge on any atom is 0.358 e. The van der Waals surface area contributed by atoms with Crippen LogP contribution in [-0.2, 0) is 15.1 Å². The predicted molar refractivity (Wildman–Crippen MR) is 105 cm³/mol. The zero-order valence-corrected chi connectivity index (χ0v) is 16.0. The number of hydrogen-bond donors (Lipinski definition) is 1. The number of nitrogens with zero attached hydrogens (tertiary/aromatic N) is 3. The summed E-state index contributed by atoms with van der Waals surface area (Å²) in [5.74, 6) is -1.03. The Kier molecular flexibility index (Phi) is 4.34. The van der Waals surface area contributed by atoms with E-state index in [0.29, 0.717) is 42.8 Å². The molecule has 1 saturated carbocycles. The first-order chi connectivity index (χ1) is 14.5. The lowest BCUT2D eigenvalue weighted by Gasteiger charge is -2.35. The number of amides is 1. The van der Waals surface area contributed by atoms with Crippen LogP contribution < -0.4 is 5.32 Å². The van der Waals surface area contributed by atoms with Crippen LogP contribution in [-0.4, -0.2) is 26.6 Å². The Balaban J connectivity index is 1.25. The number of hydrogen-bond acceptors (Lipinski definition) is 5. The van der Waals surface area contributed by atoms with Gasteiger partial charge in [0.1, 0.15) is 11.4 Å². The Morgan fingerprint density at radius 2 is 2.07 bits per heavy atom. The van der Waals surface area contributed by atoms with Crippen molar-refractivity contribution < 1.29 is 18.7 Å². The van der Waals surface area contributed by atoms with E-state index in [9.17, 15) is 14.0 Å². The lowest BCUT2D eigenvalue weighted by Crippen LogP contribution is -2.36. The minimum atomic E-state index is -0.667. The van der Waals surface area contributed by atoms with E-state index in [-0.39, 0.29) is 17.6 Å². The monoisotopic (exact) mass is 406 g/mol. The zero-order valence-electron chi connectivity index (χ0n) is 16.0. The Bertz CT molecular complexity index is 1130. The fraction of sp³-hybridized carbons (Fsp3) is 0.273. The molecule has 0 saturated heterocycles. The lowest BCUT2D eigenvalue weighted by atomic mass is 9.75. The van der Waals surface area contributed by atoms with Gasteiger partial charge in [-0.2, -0.15) is 5.10 Å². The van der Waals surface area contributed by atoms with Gasteiger partial charge in [0.2, 0.25) is 5.91 Å². The Labute approximate surface area is 171 Å². The number of carbonyl (C=O) groups is 2. The molecule has 3 aromatic rings. The number of aromatic nitrogens is 3. The number of carbonyl (C=O) groups excluding carboxylic acids is 2. The standard InChI is InChI=1S/C22H19FN4O3/c23-15-3-1-4-17(11-15)27-13-16(12-25-27)26-20(28)14-6-8-22(9-7-14)18-5-2-10-24-19(18)21(29)30-22/h1-5,10-14H,6-9H2,(H,26,28). The summed E-state index contributed by atoms with van der Waals surface area (Å²) in [6.45, 7) is 0. The number of esters is 1. The van der Waals surface area contributed by atoms with Crippen molar-refractivity contribution in [1.29, 1.82) is 0 Å². The molecule has 0 radical (unpaired) electrons. The van der Waals surface area contributed by atoms with Crippen molar-refractivity contribution in [3.8, 4) is 5.69 Å². The summed E-state index contributed by atoms with van der Waals surface area (Å²) in [5.41, 5.74) is 1.66. The minimum Gasteiger partial charge on any atom is -0.449 e. The van der Waals surface area contributed by atoms with Crippen LogP contribution in [0.15, 0.2) is 55.0 Å². The van der Waals surface area contributed by atoms with E-state index in [4.69, 9.17) is 4.74 Å². The SMILES string of the molecule is O=C1OC2(CCC(C(=O)Nc3cnn(-c4cccc(F)c4)c3)CC2)c2cccnc21. The molecule has 2 aromatic heterocycles. The fourth-order valence-corrected chi connectivity index (χ4v) is 4.33. The number of anilines is 1. The molecule has 7 nitrogen and oxygen atoms in total. The summed E-state index contributed by atoms with van der Waals surface area (Å²) < 4.78 is 20.6. The maximum absolute atomic E-state index is 13.4. The average molecular weight is 406 g/mol. The second-order valence-electron chi connectivity index (χ2n) is 7.70. The molecule has 152 valence electrons. The third-order valence-electron chi connectivity index (χ3n) is 5.87. The van der Waals surface area contributed by atoms with Crippen molar-refractivity contribution in [1.82, 2.24) is 14.8 Å². The molecule has 1 aliphatic heterocycles. The van der Waals surface area contributed by atoms with Gasteiger partial charge in [0.15, 0.2) is 5.69 Å². The number of pyridine rings is 1. The first-order valence-corrected chi connectivity index (χ1v) is 9.84. The predicted octanol–water partition coefficient (Wildman–Crippen LogP) is 3.60. The van der Waals surface area contributed by atoms with Crippen LogP contribution in [0.5, 0.6) is 0 Å². The fourth-order valence-electron chi connectivity index (χ4n) is 4.33. The smallest absolute Gasteiger partial charge is 0.358 e. The largest absolute Gasteiger partial charge is 0.449 e. The molecule has 1 aliphatic carbocycles. The van der Waals surface area contributed by atoms with E-state index in [1.54, 1.807) is 30.6 Å². The molecule has 3 heterocycles. The molecule has 1 N–H and O–H groups in total. The molecule has 1 amide bonds. The maximum atomic E-state index is 13.4. The van der Waals surface area contributed by atoms with Crippen molar-refractivity contribution in [2.24, 2.45) is 5.92 Å². The van der Waals surface area contributed by atoms with E-state index >= 15 is 0 Å². The van der Waals surface area contributed by atoms with Crippen LogP contribution in [0.3, 0.4) is 0 Å². The minimum absolute atomic E-state index is 0.0978. The summed E-state index contributed by atoms with van der Waals surface area (Å²) in [5, 5.41) is 7.08. The van der Waals surface area contributed by atoms with Crippen LogP contribution in [0, 0.1) is 11.7 Å². The number of rotatable bonds is 3. The number of nitrogens with one attached hydrogen (secondary N) is 1. The van der Waals surface area contributed by atoms with Gasteiger partial charge in [-0.1, -0.05) is 12.1 Å². The van der Waals surface area contributed by atoms with Crippen molar-refractivity contribution in [3.05, 3.63) is 72.1 Å². The van der Waals surface area contributed by atoms with Crippen LogP contribution in [0.4, 0.5) is 10.1 Å². The van der Waals surface area contributed by atoms with Crippen molar-refractivity contribution in [2.45, 2.75) is 31.3 Å². The van der Waals surface area contributed by atoms with Gasteiger partial charge >= 0.3 is 5.97 Å². The first-order valence-electron chi connectivity index (χ1n) is 9.84. The topological polar surface area (TPSA) is 86.1 Å². The van der Waals surface area contributed by atoms with Gasteiger partial charge < -0.3 is 10.1 Å². The summed E-state index contributed by atoms with van der Waals surface area (Å²) >= 11 is 0. The molecule has 0 bridgehead atoms. The highest BCUT2D eigenvalue weighted by Crippen LogP contribution is 2.47. The number of benzene rings is 1. The molecule has 1 fully saturated rings. The van der Waals surface area contributed by atoms with Crippen molar-refractivity contribution in [2.75, 3.05) is 5.32 Å². The summed E-state index contributed by atoms with van der Waals surface area (Å²) in [6, 6.07) is 9.76. The van der Waals surface area contributed by atoms with Gasteiger partial charge in [-0.25, -0.2) is 18.9 Å². The highest BCUT2D eigenvalue weighted by atomic mass is 19.1. The molecular formula is C22H19FN4O3. The van der Waals surface area contributed by atoms with Gasteiger partial charge in [-0.15, -0.1) is 0 Å². The van der Waals surface area contributed by atoms with Crippen molar-refractivity contribution in [3.63, 3.8) is 0 Å². The zero-order chi connectivity index (χ0) is 20.7. The second kappa shape index (κ2) is 7.05. The summed E-state index contributed by atoms with van der Waals surface area (Å²) in [6.07, 6.45) is 7.14. The van der Waals surface area contributed by atoms with Gasteiger partial charge in [0.05, 0.1) is 23.8 Å². The molecule has 5 rings (SSSR count). The van der Waals surface area contributed by atoms with Gasteiger partial charge in [-0.3, -0.25) is 4.79 Å². The Morgan fingerprint density at radius 1 is 1.23 bits per heavy atom. The Morgan fingerprint density at radius 3 is 2.87 bits per heavy atom. The van der Waals surface area contributed by atoms with Crippen molar-refractivity contribution >= 4 is 17.6 Å². The lowest BCUT2D eigenvalue weighted by molar-refractivity contribution is -0.122. The van der Waals surface area contributed by atoms with Crippen LogP contribution in [0.1, 0.15) is 41.7 Å². The quantitative estimate of drug-likeness (QED) is 0.672. The van der Waals surface area contributed by atoms with E-state index in [0.717, 1.165) is 5.56 Å². The van der Waals surface area contributed by atoms with E-state index in [2.05, 4.69) is 15.4 Å². The van der Waals surface area contributed by atoms with Crippen LogP contribution >= 0.6 is 0 Å². The molecule has 1 spiro atoms. The molecule has 2 aliphatic rings. The molecule has 0 atom stereocenters. The highest BCUT2D eigenvalue weighted by molar-refractivity contribution is 5.93. The van der Waals surface area contributed by atoms with Gasteiger partial charge in [0.25, 0.3) is 0 Å².